The molecule has 6 heteroatoms. The van der Waals surface area contributed by atoms with Gasteiger partial charge in [-0.2, -0.15) is 0 Å². The summed E-state index contributed by atoms with van der Waals surface area (Å²) in [7, 11) is 0. The number of fused-ring (bicyclic) bond motifs is 1. The lowest BCUT2D eigenvalue weighted by molar-refractivity contribution is -0.148. The first-order valence-electron chi connectivity index (χ1n) is 9.42. The van der Waals surface area contributed by atoms with Crippen molar-refractivity contribution >= 4 is 17.8 Å². The van der Waals surface area contributed by atoms with Crippen molar-refractivity contribution < 1.29 is 19.5 Å². The Labute approximate surface area is 156 Å². The fraction of sp³-hybridized carbons (Fsp3) is 0.850. The van der Waals surface area contributed by atoms with E-state index >= 15 is 0 Å². The summed E-state index contributed by atoms with van der Waals surface area (Å²) in [6.07, 6.45) is 0.600. The van der Waals surface area contributed by atoms with Gasteiger partial charge in [0.1, 0.15) is 0 Å². The lowest BCUT2D eigenvalue weighted by atomic mass is 9.74. The molecule has 5 atom stereocenters. The van der Waals surface area contributed by atoms with Gasteiger partial charge < -0.3 is 15.7 Å². The van der Waals surface area contributed by atoms with Gasteiger partial charge in [-0.1, -0.05) is 34.6 Å². The number of rotatable bonds is 4. The highest BCUT2D eigenvalue weighted by atomic mass is 16.4. The summed E-state index contributed by atoms with van der Waals surface area (Å²) in [5.41, 5.74) is -0.927. The summed E-state index contributed by atoms with van der Waals surface area (Å²) < 4.78 is 0. The predicted molar refractivity (Wildman–Crippen MR) is 99.7 cm³/mol. The first-order chi connectivity index (χ1) is 11.6. The number of carboxylic acids is 1. The molecule has 0 aromatic carbocycles. The third kappa shape index (κ3) is 3.89. The zero-order valence-corrected chi connectivity index (χ0v) is 17.3. The number of hydrogen-bond acceptors (Lipinski definition) is 3. The molecule has 26 heavy (non-hydrogen) atoms. The topological polar surface area (TPSA) is 95.5 Å². The smallest absolute Gasteiger partial charge is 0.315 e. The van der Waals surface area contributed by atoms with Crippen LogP contribution in [0.1, 0.15) is 61.8 Å². The SMILES string of the molecule is CC(C)(C)NC(=O)N[C@H](C(=O)C1CC2C([C@H]1C(=O)O)C2(C)C)C(C)(C)C. The lowest BCUT2D eigenvalue weighted by Gasteiger charge is -2.35. The van der Waals surface area contributed by atoms with Crippen LogP contribution >= 0.6 is 0 Å². The lowest BCUT2D eigenvalue weighted by Crippen LogP contribution is -2.57. The third-order valence-electron chi connectivity index (χ3n) is 6.03. The molecule has 2 aliphatic carbocycles. The second kappa shape index (κ2) is 6.24. The second-order valence-corrected chi connectivity index (χ2v) is 10.7. The van der Waals surface area contributed by atoms with Crippen LogP contribution in [-0.4, -0.2) is 34.5 Å². The number of Topliss-reactive ketones (excluding diaryl/α,β-unsaturated/α-hetero) is 1. The molecule has 148 valence electrons. The van der Waals surface area contributed by atoms with E-state index in [1.54, 1.807) is 0 Å². The molecule has 0 saturated heterocycles. The predicted octanol–water partition coefficient (Wildman–Crippen LogP) is 3.06. The molecule has 3 N–H and O–H groups in total. The van der Waals surface area contributed by atoms with E-state index in [1.807, 2.05) is 41.5 Å². The van der Waals surface area contributed by atoms with Crippen LogP contribution in [-0.2, 0) is 9.59 Å². The van der Waals surface area contributed by atoms with E-state index in [0.29, 0.717) is 6.42 Å². The van der Waals surface area contributed by atoms with Gasteiger partial charge >= 0.3 is 12.0 Å². The van der Waals surface area contributed by atoms with Crippen LogP contribution in [0.25, 0.3) is 0 Å². The molecule has 0 spiro atoms. The Kier molecular flexibility index (Phi) is 4.97. The van der Waals surface area contributed by atoms with Crippen molar-refractivity contribution in [2.75, 3.05) is 0 Å². The first-order valence-corrected chi connectivity index (χ1v) is 9.42. The largest absolute Gasteiger partial charge is 0.481 e. The standard InChI is InChI=1S/C20H34N2O4/c1-18(2,3)15(21-17(26)22-19(4,5)6)14(23)10-9-11-13(20(11,7)8)12(10)16(24)25/h10-13,15H,9H2,1-8H3,(H,24,25)(H2,21,22,26)/t10?,11?,12-,13?,15+/m0/s1. The van der Waals surface area contributed by atoms with Gasteiger partial charge in [0.25, 0.3) is 0 Å². The summed E-state index contributed by atoms with van der Waals surface area (Å²) in [5, 5.41) is 15.3. The van der Waals surface area contributed by atoms with E-state index in [1.165, 1.54) is 0 Å². The monoisotopic (exact) mass is 366 g/mol. The number of carbonyl (C=O) groups is 3. The Hall–Kier alpha value is -1.59. The van der Waals surface area contributed by atoms with Crippen LogP contribution in [0.3, 0.4) is 0 Å². The molecular formula is C20H34N2O4. The van der Waals surface area contributed by atoms with Crippen molar-refractivity contribution in [2.24, 2.45) is 34.5 Å². The highest BCUT2D eigenvalue weighted by Gasteiger charge is 2.70. The Morgan fingerprint density at radius 1 is 1.08 bits per heavy atom. The Bertz CT molecular complexity index is 612. The number of amides is 2. The molecule has 2 aliphatic rings. The fourth-order valence-corrected chi connectivity index (χ4v) is 4.68. The van der Waals surface area contributed by atoms with Crippen molar-refractivity contribution in [1.82, 2.24) is 10.6 Å². The molecule has 0 aliphatic heterocycles. The molecule has 0 radical (unpaired) electrons. The molecule has 0 aromatic heterocycles. The highest BCUT2D eigenvalue weighted by molar-refractivity contribution is 5.94. The molecule has 0 heterocycles. The quantitative estimate of drug-likeness (QED) is 0.712. The van der Waals surface area contributed by atoms with Crippen molar-refractivity contribution in [3.8, 4) is 0 Å². The first kappa shape index (κ1) is 20.7. The molecular weight excluding hydrogens is 332 g/mol. The number of carboxylic acid groups (broad SMARTS) is 1. The van der Waals surface area contributed by atoms with E-state index in [9.17, 15) is 19.5 Å². The molecule has 2 amide bonds. The number of ketones is 1. The van der Waals surface area contributed by atoms with Crippen LogP contribution in [0.5, 0.6) is 0 Å². The van der Waals surface area contributed by atoms with Crippen LogP contribution in [0.2, 0.25) is 0 Å². The summed E-state index contributed by atoms with van der Waals surface area (Å²) in [6.45, 7) is 15.4. The van der Waals surface area contributed by atoms with Gasteiger partial charge in [-0.05, 0) is 49.9 Å². The van der Waals surface area contributed by atoms with Gasteiger partial charge in [0, 0.05) is 11.5 Å². The van der Waals surface area contributed by atoms with E-state index in [4.69, 9.17) is 0 Å². The number of urea groups is 1. The molecule has 0 bridgehead atoms. The maximum atomic E-state index is 13.3. The average Bonchev–Trinajstić information content (AvgIpc) is 2.81. The van der Waals surface area contributed by atoms with Gasteiger partial charge in [0.2, 0.25) is 0 Å². The summed E-state index contributed by atoms with van der Waals surface area (Å²) >= 11 is 0. The van der Waals surface area contributed by atoms with E-state index in [0.717, 1.165) is 0 Å². The normalized spacial score (nSPS) is 30.9. The minimum Gasteiger partial charge on any atom is -0.481 e. The number of nitrogens with one attached hydrogen (secondary N) is 2. The number of hydrogen-bond donors (Lipinski definition) is 3. The minimum absolute atomic E-state index is 0.00585. The van der Waals surface area contributed by atoms with Crippen LogP contribution in [0.15, 0.2) is 0 Å². The molecule has 6 nitrogen and oxygen atoms in total. The number of aliphatic carboxylic acids is 1. The van der Waals surface area contributed by atoms with Crippen molar-refractivity contribution in [2.45, 2.75) is 73.4 Å². The number of carbonyl (C=O) groups excluding carboxylic acids is 2. The molecule has 2 rings (SSSR count). The second-order valence-electron chi connectivity index (χ2n) is 10.7. The Morgan fingerprint density at radius 3 is 2.04 bits per heavy atom. The van der Waals surface area contributed by atoms with Gasteiger partial charge in [-0.3, -0.25) is 9.59 Å². The van der Waals surface area contributed by atoms with Gasteiger partial charge in [0.05, 0.1) is 12.0 Å². The molecule has 2 fully saturated rings. The summed E-state index contributed by atoms with van der Waals surface area (Å²) in [4.78, 5) is 37.5. The third-order valence-corrected chi connectivity index (χ3v) is 6.03. The van der Waals surface area contributed by atoms with Gasteiger partial charge in [-0.25, -0.2) is 4.79 Å². The summed E-state index contributed by atoms with van der Waals surface area (Å²) in [6, 6.07) is -1.13. The van der Waals surface area contributed by atoms with Crippen LogP contribution in [0.4, 0.5) is 4.79 Å². The van der Waals surface area contributed by atoms with Gasteiger partial charge in [0.15, 0.2) is 5.78 Å². The van der Waals surface area contributed by atoms with E-state index in [-0.39, 0.29) is 23.0 Å². The van der Waals surface area contributed by atoms with Gasteiger partial charge in [-0.15, -0.1) is 0 Å². The Morgan fingerprint density at radius 2 is 1.62 bits per heavy atom. The molecule has 0 aromatic rings. The Balaban J connectivity index is 2.20. The zero-order chi connectivity index (χ0) is 20.2. The molecule has 2 saturated carbocycles. The van der Waals surface area contributed by atoms with Crippen molar-refractivity contribution in [3.63, 3.8) is 0 Å². The average molecular weight is 367 g/mol. The maximum Gasteiger partial charge on any atom is 0.315 e. The van der Waals surface area contributed by atoms with E-state index < -0.39 is 40.8 Å². The minimum atomic E-state index is -0.895. The van der Waals surface area contributed by atoms with E-state index in [2.05, 4.69) is 24.5 Å². The summed E-state index contributed by atoms with van der Waals surface area (Å²) in [5.74, 6) is -1.90. The van der Waals surface area contributed by atoms with Crippen molar-refractivity contribution in [3.05, 3.63) is 0 Å². The fourth-order valence-electron chi connectivity index (χ4n) is 4.68. The maximum absolute atomic E-state index is 13.3. The highest BCUT2D eigenvalue weighted by Crippen LogP contribution is 2.70. The van der Waals surface area contributed by atoms with Crippen LogP contribution < -0.4 is 10.6 Å². The molecule has 3 unspecified atom stereocenters. The van der Waals surface area contributed by atoms with Crippen LogP contribution in [0, 0.1) is 34.5 Å². The zero-order valence-electron chi connectivity index (χ0n) is 17.3. The van der Waals surface area contributed by atoms with Crippen molar-refractivity contribution in [1.29, 1.82) is 0 Å².